The fraction of sp³-hybridized carbons (Fsp3) is 0.194. The van der Waals surface area contributed by atoms with Crippen molar-refractivity contribution in [3.63, 3.8) is 0 Å². The van der Waals surface area contributed by atoms with Gasteiger partial charge >= 0.3 is 0 Å². The smallest absolute Gasteiger partial charge is 0.148 e. The maximum atomic E-state index is 13.1. The Morgan fingerprint density at radius 3 is 1.75 bits per heavy atom. The summed E-state index contributed by atoms with van der Waals surface area (Å²) in [5.74, 6) is -2.39. The van der Waals surface area contributed by atoms with Crippen molar-refractivity contribution in [3.05, 3.63) is 217 Å². The molecule has 8 aromatic carbocycles. The summed E-state index contributed by atoms with van der Waals surface area (Å²) < 4.78 is 265. The summed E-state index contributed by atoms with van der Waals surface area (Å²) in [6, 6.07) is 48.6. The van der Waals surface area contributed by atoms with Crippen LogP contribution < -0.4 is 0 Å². The zero-order valence-electron chi connectivity index (χ0n) is 68.0. The molecule has 362 valence electrons. The Kier molecular flexibility index (Phi) is 6.76. The fourth-order valence-electron chi connectivity index (χ4n) is 8.91. The summed E-state index contributed by atoms with van der Waals surface area (Å²) in [5.41, 5.74) is -14.6. The summed E-state index contributed by atoms with van der Waals surface area (Å²) >= 11 is 0. The van der Waals surface area contributed by atoms with Gasteiger partial charge in [0.25, 0.3) is 0 Å². The molecule has 0 saturated heterocycles. The van der Waals surface area contributed by atoms with Gasteiger partial charge < -0.3 is 5.11 Å². The predicted molar refractivity (Wildman–Crippen MR) is 298 cm³/mol. The van der Waals surface area contributed by atoms with E-state index in [-0.39, 0.29) is 77.4 Å². The summed E-state index contributed by atoms with van der Waals surface area (Å²) in [6.07, 6.45) is 1.32. The van der Waals surface area contributed by atoms with Crippen molar-refractivity contribution < 1.29 is 67.3 Å². The third kappa shape index (κ3) is 9.78. The number of aromatic hydroxyl groups is 1. The van der Waals surface area contributed by atoms with Gasteiger partial charge in [0.1, 0.15) is 11.6 Å². The molecule has 0 atom stereocenters. The molecular weight excluding hydrogens is 1060 g/mol. The second kappa shape index (κ2) is 19.5. The van der Waals surface area contributed by atoms with Crippen molar-refractivity contribution in [2.45, 2.75) is 84.8 Å². The van der Waals surface area contributed by atoms with Gasteiger partial charge in [0.2, 0.25) is 0 Å². The molecule has 0 spiro atoms. The first-order chi connectivity index (χ1) is 46.4. The zero-order chi connectivity index (χ0) is 74.8. The van der Waals surface area contributed by atoms with Crippen LogP contribution in [0.3, 0.4) is 0 Å². The third-order valence-corrected chi connectivity index (χ3v) is 12.4. The van der Waals surface area contributed by atoms with Crippen molar-refractivity contribution in [3.8, 4) is 89.7 Å². The topological polar surface area (TPSA) is 50.9 Å². The number of phenols is 1. The standard InChI is InChI=1S/C67H62N3O.Pt/c1-43-35-47(44-21-14-11-15-22-44)30-32-60(43)70-61-28-20-27-54(62(61)69-64(70)56-41-53(65(2,3)4)42-58(63(56)71)67(8,9)10)51-36-50(46-25-18-13-19-26-46)37-52(38-51)59-40-49(33-34-68-59)55-39-48(45-23-16-12-17-24-45)29-31-57(55)66(5,6)7;/h11-37,39-42,71H,1-10H3;/q-1;/i1D3,2D3,3D3,4D3,5D3,6D3,7D3,8D3,9D3,10D3;. The number of pyridine rings is 1. The molecule has 72 heavy (non-hydrogen) atoms. The van der Waals surface area contributed by atoms with Crippen LogP contribution in [0.4, 0.5) is 0 Å². The van der Waals surface area contributed by atoms with Crippen LogP contribution in [0.25, 0.3) is 95.0 Å². The van der Waals surface area contributed by atoms with E-state index in [1.54, 1.807) is 103 Å². The van der Waals surface area contributed by atoms with Gasteiger partial charge in [-0.3, -0.25) is 9.55 Å². The van der Waals surface area contributed by atoms with E-state index >= 15 is 0 Å². The van der Waals surface area contributed by atoms with E-state index in [1.807, 2.05) is 0 Å². The number of nitrogens with zero attached hydrogens (tertiary/aromatic N) is 3. The molecule has 0 amide bonds. The Morgan fingerprint density at radius 1 is 0.486 bits per heavy atom. The molecule has 0 saturated carbocycles. The minimum absolute atomic E-state index is 0. The zero-order valence-corrected chi connectivity index (χ0v) is 40.3. The first kappa shape index (κ1) is 25.0. The van der Waals surface area contributed by atoms with Crippen molar-refractivity contribution in [2.75, 3.05) is 0 Å². The number of fused-ring (bicyclic) bond motifs is 1. The van der Waals surface area contributed by atoms with Gasteiger partial charge in [-0.05, 0) is 115 Å². The molecule has 1 N–H and O–H groups in total. The molecule has 2 heterocycles. The van der Waals surface area contributed by atoms with Crippen molar-refractivity contribution in [2.24, 2.45) is 0 Å². The Morgan fingerprint density at radius 2 is 1.10 bits per heavy atom. The average Bonchev–Trinajstić information content (AvgIpc) is 0.796. The van der Waals surface area contributed by atoms with Crippen molar-refractivity contribution in [1.82, 2.24) is 14.5 Å². The molecule has 0 unspecified atom stereocenters. The monoisotopic (exact) mass is 1150 g/mol. The van der Waals surface area contributed by atoms with Crippen LogP contribution in [0.5, 0.6) is 5.75 Å². The summed E-state index contributed by atoms with van der Waals surface area (Å²) in [5, 5.41) is 13.1. The largest absolute Gasteiger partial charge is 0.507 e. The van der Waals surface area contributed by atoms with Gasteiger partial charge in [0.15, 0.2) is 0 Å². The normalized spacial score (nSPS) is 19.9. The Bertz CT molecular complexity index is 4640. The van der Waals surface area contributed by atoms with Crippen LogP contribution in [0.1, 0.15) is 125 Å². The Balaban J connectivity index is 0.0000121. The molecule has 0 radical (unpaired) electrons. The molecular formula is C67H62N3OPt-. The van der Waals surface area contributed by atoms with E-state index < -0.39 is 124 Å². The van der Waals surface area contributed by atoms with E-state index in [0.717, 1.165) is 4.57 Å². The molecule has 5 heteroatoms. The van der Waals surface area contributed by atoms with Gasteiger partial charge in [0, 0.05) is 79.6 Å². The number of rotatable bonds is 8. The van der Waals surface area contributed by atoms with E-state index in [2.05, 4.69) is 6.07 Å². The number of aromatic nitrogens is 3. The number of benzene rings is 8. The number of para-hydroxylation sites is 1. The van der Waals surface area contributed by atoms with E-state index in [1.165, 1.54) is 72.9 Å². The number of imidazole rings is 1. The SMILES string of the molecule is [2H]C([2H])([2H])c1cc(-c2ccccc2)ccc1-n1c(-c2cc(C(C([2H])([2H])[2H])(C([2H])([2H])[2H])C([2H])([2H])[2H])cc(C(C([2H])([2H])[2H])(C([2H])([2H])[2H])C([2H])([2H])[2H])c2O)nc2c(-c3[c-]c(-c4cc(-c5cc(-c6ccccc6)ccc5C(C([2H])([2H])[2H])(C([2H])([2H])[2H])C([2H])([2H])[2H])ccn4)cc(-c4ccccc4)c3)cccc21.[Pt]. The van der Waals surface area contributed by atoms with Crippen LogP contribution in [0.15, 0.2) is 188 Å². The van der Waals surface area contributed by atoms with Crippen LogP contribution >= 0.6 is 0 Å². The van der Waals surface area contributed by atoms with Crippen molar-refractivity contribution >= 4 is 11.0 Å². The van der Waals surface area contributed by atoms with Gasteiger partial charge in [-0.2, -0.15) is 0 Å². The minimum Gasteiger partial charge on any atom is -0.507 e. The van der Waals surface area contributed by atoms with E-state index in [4.69, 9.17) is 51.1 Å². The van der Waals surface area contributed by atoms with Crippen LogP contribution in [0.2, 0.25) is 0 Å². The number of aryl methyl sites for hydroxylation is 1. The molecule has 10 rings (SSSR count). The maximum absolute atomic E-state index is 13.1. The third-order valence-electron chi connectivity index (χ3n) is 12.4. The minimum atomic E-state index is -4.33. The van der Waals surface area contributed by atoms with Gasteiger partial charge in [-0.1, -0.05) is 212 Å². The maximum Gasteiger partial charge on any atom is 0.148 e. The van der Waals surface area contributed by atoms with Crippen LogP contribution in [-0.2, 0) is 37.3 Å². The molecule has 0 bridgehead atoms. The fourth-order valence-corrected chi connectivity index (χ4v) is 8.91. The van der Waals surface area contributed by atoms with Gasteiger partial charge in [-0.25, -0.2) is 4.98 Å². The molecule has 4 nitrogen and oxygen atoms in total. The second-order valence-electron chi connectivity index (χ2n) is 17.3. The average molecular weight is 1150 g/mol. The van der Waals surface area contributed by atoms with Crippen molar-refractivity contribution in [1.29, 1.82) is 0 Å². The summed E-state index contributed by atoms with van der Waals surface area (Å²) in [6.45, 7) is -39.7. The van der Waals surface area contributed by atoms with E-state index in [9.17, 15) is 5.11 Å². The Labute approximate surface area is 483 Å². The first-order valence-corrected chi connectivity index (χ1v) is 22.3. The van der Waals surface area contributed by atoms with E-state index in [0.29, 0.717) is 39.4 Å². The predicted octanol–water partition coefficient (Wildman–Crippen LogP) is 17.8. The first-order valence-electron chi connectivity index (χ1n) is 37.3. The molecule has 0 aliphatic heterocycles. The Hall–Kier alpha value is -7.13. The van der Waals surface area contributed by atoms with Crippen LogP contribution in [0, 0.1) is 12.9 Å². The molecule has 0 aliphatic carbocycles. The number of hydrogen-bond donors (Lipinski definition) is 1. The molecule has 0 fully saturated rings. The number of hydrogen-bond acceptors (Lipinski definition) is 3. The summed E-state index contributed by atoms with van der Waals surface area (Å²) in [4.78, 5) is 9.71. The molecule has 10 aromatic rings. The summed E-state index contributed by atoms with van der Waals surface area (Å²) in [7, 11) is 0. The van der Waals surface area contributed by atoms with Gasteiger partial charge in [0.05, 0.1) is 22.3 Å². The molecule has 0 aliphatic rings. The molecule has 2 aromatic heterocycles. The van der Waals surface area contributed by atoms with Gasteiger partial charge in [-0.15, -0.1) is 23.8 Å². The number of phenolic OH excluding ortho intramolecular Hbond substituents is 1. The second-order valence-corrected chi connectivity index (χ2v) is 17.3. The van der Waals surface area contributed by atoms with Crippen LogP contribution in [-0.4, -0.2) is 19.6 Å². The quantitative estimate of drug-likeness (QED) is 0.154.